The molecule has 0 spiro atoms. The topological polar surface area (TPSA) is 84.9 Å². The number of ether oxygens (including phenoxy) is 2. The van der Waals surface area contributed by atoms with Crippen molar-refractivity contribution in [2.75, 3.05) is 23.9 Å². The summed E-state index contributed by atoms with van der Waals surface area (Å²) in [5.41, 5.74) is 1.46. The van der Waals surface area contributed by atoms with E-state index in [9.17, 15) is 14.4 Å². The molecule has 3 aromatic rings. The Hall–Kier alpha value is -3.75. The first-order chi connectivity index (χ1) is 17.4. The van der Waals surface area contributed by atoms with Gasteiger partial charge in [0.2, 0.25) is 0 Å². The van der Waals surface area contributed by atoms with Crippen molar-refractivity contribution < 1.29 is 23.9 Å². The number of methoxy groups -OCH3 is 1. The number of nitrogens with zero attached hydrogens (tertiary/aromatic N) is 1. The van der Waals surface area contributed by atoms with Gasteiger partial charge in [0.15, 0.2) is 0 Å². The first kappa shape index (κ1) is 25.3. The van der Waals surface area contributed by atoms with E-state index >= 15 is 0 Å². The summed E-state index contributed by atoms with van der Waals surface area (Å²) in [6.07, 6.45) is 0.713. The summed E-state index contributed by atoms with van der Waals surface area (Å²) in [6.45, 7) is 2.23. The van der Waals surface area contributed by atoms with Crippen molar-refractivity contribution in [3.8, 4) is 5.75 Å². The van der Waals surface area contributed by atoms with Crippen LogP contribution in [-0.4, -0.2) is 31.5 Å². The van der Waals surface area contributed by atoms with Crippen LogP contribution in [0.4, 0.5) is 11.4 Å². The van der Waals surface area contributed by atoms with E-state index in [0.29, 0.717) is 40.7 Å². The fraction of sp³-hybridized carbons (Fsp3) is 0.148. The molecule has 0 bridgehead atoms. The van der Waals surface area contributed by atoms with E-state index in [1.165, 1.54) is 23.9 Å². The molecule has 184 valence electrons. The second-order valence-electron chi connectivity index (χ2n) is 7.74. The smallest absolute Gasteiger partial charge is 0.338 e. The maximum Gasteiger partial charge on any atom is 0.338 e. The average molecular weight is 523 g/mol. The second-order valence-corrected chi connectivity index (χ2v) is 9.26. The number of thioether (sulfide) groups is 1. The monoisotopic (exact) mass is 522 g/mol. The van der Waals surface area contributed by atoms with Gasteiger partial charge in [0.1, 0.15) is 16.4 Å². The molecule has 4 rings (SSSR count). The number of nitrogens with one attached hydrogen (secondary N) is 1. The van der Waals surface area contributed by atoms with Crippen LogP contribution in [0.25, 0.3) is 0 Å². The summed E-state index contributed by atoms with van der Waals surface area (Å²) in [7, 11) is 1.57. The van der Waals surface area contributed by atoms with Crippen LogP contribution in [0.1, 0.15) is 23.7 Å². The van der Waals surface area contributed by atoms with Crippen LogP contribution < -0.4 is 15.0 Å². The highest BCUT2D eigenvalue weighted by molar-refractivity contribution is 8.04. The summed E-state index contributed by atoms with van der Waals surface area (Å²) in [6, 6.07) is 20.2. The Bertz CT molecular complexity index is 1310. The zero-order valence-corrected chi connectivity index (χ0v) is 21.2. The minimum Gasteiger partial charge on any atom is -0.497 e. The van der Waals surface area contributed by atoms with Gasteiger partial charge in [0.25, 0.3) is 11.8 Å². The molecule has 2 amide bonds. The fourth-order valence-corrected chi connectivity index (χ4v) is 4.47. The van der Waals surface area contributed by atoms with Crippen LogP contribution in [0.15, 0.2) is 88.3 Å². The minimum atomic E-state index is -0.506. The first-order valence-electron chi connectivity index (χ1n) is 11.2. The van der Waals surface area contributed by atoms with Crippen molar-refractivity contribution in [1.29, 1.82) is 0 Å². The van der Waals surface area contributed by atoms with Crippen LogP contribution in [0, 0.1) is 0 Å². The summed E-state index contributed by atoms with van der Waals surface area (Å²) in [5, 5.41) is 3.67. The quantitative estimate of drug-likeness (QED) is 0.276. The maximum absolute atomic E-state index is 13.5. The Balaban J connectivity index is 1.65. The third-order valence-corrected chi connectivity index (χ3v) is 6.58. The zero-order chi connectivity index (χ0) is 25.7. The van der Waals surface area contributed by atoms with Gasteiger partial charge in [-0.3, -0.25) is 9.59 Å². The third-order valence-electron chi connectivity index (χ3n) is 5.23. The van der Waals surface area contributed by atoms with Gasteiger partial charge >= 0.3 is 5.97 Å². The van der Waals surface area contributed by atoms with Crippen LogP contribution >= 0.6 is 23.4 Å². The number of carbonyl (C=O) groups is 3. The van der Waals surface area contributed by atoms with Crippen LogP contribution in [0.3, 0.4) is 0 Å². The molecule has 1 heterocycles. The lowest BCUT2D eigenvalue weighted by atomic mass is 10.2. The molecule has 1 N–H and O–H groups in total. The highest BCUT2D eigenvalue weighted by atomic mass is 35.5. The molecule has 0 saturated heterocycles. The molecule has 7 nitrogen and oxygen atoms in total. The Morgan fingerprint density at radius 2 is 1.61 bits per heavy atom. The molecular formula is C27H23ClN2O5S. The SMILES string of the molecule is CCCOC(=O)c1ccc(N2C(=O)C(Nc3ccc(OC)cc3)=C(Sc3ccc(Cl)cc3)C2=O)cc1. The molecule has 9 heteroatoms. The number of benzene rings is 3. The number of amides is 2. The van der Waals surface area contributed by atoms with E-state index in [2.05, 4.69) is 5.32 Å². The van der Waals surface area contributed by atoms with E-state index in [0.717, 1.165) is 9.80 Å². The first-order valence-corrected chi connectivity index (χ1v) is 12.4. The molecule has 0 aliphatic carbocycles. The number of hydrogen-bond acceptors (Lipinski definition) is 7. The Morgan fingerprint density at radius 1 is 0.944 bits per heavy atom. The normalized spacial score (nSPS) is 13.2. The van der Waals surface area contributed by atoms with Gasteiger partial charge in [-0.25, -0.2) is 9.69 Å². The van der Waals surface area contributed by atoms with Crippen molar-refractivity contribution in [3.05, 3.63) is 94.0 Å². The van der Waals surface area contributed by atoms with E-state index < -0.39 is 17.8 Å². The lowest BCUT2D eigenvalue weighted by Crippen LogP contribution is -2.32. The summed E-state index contributed by atoms with van der Waals surface area (Å²) < 4.78 is 10.3. The highest BCUT2D eigenvalue weighted by Gasteiger charge is 2.40. The van der Waals surface area contributed by atoms with E-state index in [-0.39, 0.29) is 10.6 Å². The van der Waals surface area contributed by atoms with Crippen molar-refractivity contribution in [2.24, 2.45) is 0 Å². The summed E-state index contributed by atoms with van der Waals surface area (Å²) in [5.74, 6) is -0.773. The summed E-state index contributed by atoms with van der Waals surface area (Å²) >= 11 is 7.17. The number of hydrogen-bond donors (Lipinski definition) is 1. The molecule has 0 saturated carbocycles. The predicted octanol–water partition coefficient (Wildman–Crippen LogP) is 5.90. The zero-order valence-electron chi connectivity index (χ0n) is 19.6. The maximum atomic E-state index is 13.5. The van der Waals surface area contributed by atoms with Gasteiger partial charge < -0.3 is 14.8 Å². The van der Waals surface area contributed by atoms with Crippen molar-refractivity contribution in [3.63, 3.8) is 0 Å². The molecule has 36 heavy (non-hydrogen) atoms. The fourth-order valence-electron chi connectivity index (χ4n) is 3.41. The third kappa shape index (κ3) is 5.56. The van der Waals surface area contributed by atoms with Crippen LogP contribution in [-0.2, 0) is 14.3 Å². The number of esters is 1. The second kappa shape index (κ2) is 11.3. The van der Waals surface area contributed by atoms with Crippen LogP contribution in [0.2, 0.25) is 5.02 Å². The highest BCUT2D eigenvalue weighted by Crippen LogP contribution is 2.38. The van der Waals surface area contributed by atoms with Gasteiger partial charge in [-0.2, -0.15) is 0 Å². The van der Waals surface area contributed by atoms with Gasteiger partial charge in [-0.05, 0) is 79.2 Å². The number of imide groups is 1. The van der Waals surface area contributed by atoms with Crippen molar-refractivity contribution in [2.45, 2.75) is 18.2 Å². The number of rotatable bonds is 9. The molecule has 0 unspecified atom stereocenters. The average Bonchev–Trinajstić information content (AvgIpc) is 3.12. The number of carbonyl (C=O) groups excluding carboxylic acids is 3. The molecule has 1 aliphatic heterocycles. The number of anilines is 2. The minimum absolute atomic E-state index is 0.150. The lowest BCUT2D eigenvalue weighted by Gasteiger charge is -2.16. The molecular weight excluding hydrogens is 500 g/mol. The van der Waals surface area contributed by atoms with Crippen LogP contribution in [0.5, 0.6) is 5.75 Å². The summed E-state index contributed by atoms with van der Waals surface area (Å²) in [4.78, 5) is 41.2. The number of halogens is 1. The lowest BCUT2D eigenvalue weighted by molar-refractivity contribution is -0.120. The van der Waals surface area contributed by atoms with E-state index in [4.69, 9.17) is 21.1 Å². The van der Waals surface area contributed by atoms with E-state index in [1.807, 2.05) is 6.92 Å². The van der Waals surface area contributed by atoms with Crippen molar-refractivity contribution in [1.82, 2.24) is 0 Å². The molecule has 0 atom stereocenters. The van der Waals surface area contributed by atoms with E-state index in [1.54, 1.807) is 67.8 Å². The standard InChI is InChI=1S/C27H23ClN2O5S/c1-3-16-35-27(33)17-4-10-20(11-5-17)30-25(31)23(29-19-8-12-21(34-2)13-9-19)24(26(30)32)36-22-14-6-18(28)7-15-22/h4-15,29H,3,16H2,1-2H3. The molecule has 0 aromatic heterocycles. The predicted molar refractivity (Wildman–Crippen MR) is 140 cm³/mol. The van der Waals surface area contributed by atoms with Crippen molar-refractivity contribution >= 4 is 52.5 Å². The Labute approximate surface area is 218 Å². The van der Waals surface area contributed by atoms with Gasteiger partial charge in [-0.15, -0.1) is 0 Å². The largest absolute Gasteiger partial charge is 0.497 e. The molecule has 0 fully saturated rings. The Morgan fingerprint density at radius 3 is 2.22 bits per heavy atom. The Kier molecular flexibility index (Phi) is 7.97. The molecule has 3 aromatic carbocycles. The van der Waals surface area contributed by atoms with Gasteiger partial charge in [-0.1, -0.05) is 30.3 Å². The molecule has 0 radical (unpaired) electrons. The molecule has 1 aliphatic rings. The van der Waals surface area contributed by atoms with Gasteiger partial charge in [0, 0.05) is 15.6 Å². The van der Waals surface area contributed by atoms with Gasteiger partial charge in [0.05, 0.1) is 25.0 Å².